The SMILES string of the molecule is Cn1nc(-c2ccc(OCc3ccccc3)nc2OCc2ccccc2)c2ccc(NC[C@H]3CCCN(C(=O)O)C3)cc21. The lowest BCUT2D eigenvalue weighted by Crippen LogP contribution is -2.41. The lowest BCUT2D eigenvalue weighted by molar-refractivity contribution is 0.122. The first-order chi connectivity index (χ1) is 21.0. The molecule has 6 rings (SSSR count). The fraction of sp³-hybridized carbons (Fsp3) is 0.265. The molecule has 1 amide bonds. The molecule has 2 aromatic heterocycles. The molecule has 9 nitrogen and oxygen atoms in total. The van der Waals surface area contributed by atoms with Gasteiger partial charge in [-0.25, -0.2) is 4.79 Å². The van der Waals surface area contributed by atoms with Crippen molar-refractivity contribution in [1.82, 2.24) is 19.7 Å². The number of ether oxygens (including phenoxy) is 2. The molecule has 1 aliphatic heterocycles. The summed E-state index contributed by atoms with van der Waals surface area (Å²) in [6, 6.07) is 30.0. The Hall–Kier alpha value is -5.05. The summed E-state index contributed by atoms with van der Waals surface area (Å²) in [7, 11) is 1.93. The third-order valence-electron chi connectivity index (χ3n) is 7.77. The molecule has 2 N–H and O–H groups in total. The minimum Gasteiger partial charge on any atom is -0.473 e. The fourth-order valence-corrected chi connectivity index (χ4v) is 5.49. The highest BCUT2D eigenvalue weighted by molar-refractivity contribution is 5.96. The van der Waals surface area contributed by atoms with Crippen molar-refractivity contribution in [2.45, 2.75) is 26.1 Å². The van der Waals surface area contributed by atoms with Crippen LogP contribution in [0.2, 0.25) is 0 Å². The van der Waals surface area contributed by atoms with Crippen LogP contribution in [0.15, 0.2) is 91.0 Å². The summed E-state index contributed by atoms with van der Waals surface area (Å²) in [4.78, 5) is 17.7. The standard InChI is InChI=1S/C34H35N5O4/c1-38-30-19-27(35-20-26-13-8-18-39(21-26)34(40)41)14-15-28(30)32(37-38)29-16-17-31(42-22-24-9-4-2-5-10-24)36-33(29)43-23-25-11-6-3-7-12-25/h2-7,9-12,14-17,19,26,35H,8,13,18,20-23H2,1H3,(H,40,41)/t26-/m1/s1. The van der Waals surface area contributed by atoms with E-state index in [0.717, 1.165) is 51.8 Å². The van der Waals surface area contributed by atoms with Gasteiger partial charge in [-0.15, -0.1) is 0 Å². The number of anilines is 1. The molecule has 1 aliphatic rings. The van der Waals surface area contributed by atoms with Crippen molar-refractivity contribution in [3.63, 3.8) is 0 Å². The molecular formula is C34H35N5O4. The number of hydrogen-bond acceptors (Lipinski definition) is 6. The van der Waals surface area contributed by atoms with Crippen molar-refractivity contribution in [1.29, 1.82) is 0 Å². The first-order valence-electron chi connectivity index (χ1n) is 14.6. The van der Waals surface area contributed by atoms with Crippen LogP contribution in [0.4, 0.5) is 10.5 Å². The fourth-order valence-electron chi connectivity index (χ4n) is 5.49. The van der Waals surface area contributed by atoms with E-state index in [0.29, 0.717) is 44.6 Å². The Balaban J connectivity index is 1.24. The maximum absolute atomic E-state index is 11.4. The maximum atomic E-state index is 11.4. The minimum atomic E-state index is -0.842. The Bertz CT molecular complexity index is 1690. The number of fused-ring (bicyclic) bond motifs is 1. The number of amides is 1. The number of carboxylic acid groups (broad SMARTS) is 1. The Kier molecular flexibility index (Phi) is 8.40. The van der Waals surface area contributed by atoms with Gasteiger partial charge in [-0.3, -0.25) is 4.68 Å². The number of likely N-dealkylation sites (tertiary alicyclic amines) is 1. The van der Waals surface area contributed by atoms with Gasteiger partial charge in [-0.1, -0.05) is 60.7 Å². The first-order valence-corrected chi connectivity index (χ1v) is 14.6. The van der Waals surface area contributed by atoms with E-state index in [1.807, 2.05) is 90.6 Å². The summed E-state index contributed by atoms with van der Waals surface area (Å²) in [5, 5.41) is 18.7. The van der Waals surface area contributed by atoms with Crippen molar-refractivity contribution < 1.29 is 19.4 Å². The topological polar surface area (TPSA) is 102 Å². The zero-order valence-electron chi connectivity index (χ0n) is 24.1. The van der Waals surface area contributed by atoms with Crippen LogP contribution in [0.25, 0.3) is 22.2 Å². The predicted octanol–water partition coefficient (Wildman–Crippen LogP) is 6.60. The quantitative estimate of drug-likeness (QED) is 0.193. The Morgan fingerprint density at radius 2 is 1.67 bits per heavy atom. The molecule has 0 spiro atoms. The summed E-state index contributed by atoms with van der Waals surface area (Å²) in [5.74, 6) is 1.21. The number of pyridine rings is 1. The van der Waals surface area contributed by atoms with Crippen LogP contribution in [-0.4, -0.2) is 50.5 Å². The van der Waals surface area contributed by atoms with Gasteiger partial charge in [0.05, 0.1) is 11.1 Å². The normalized spacial score (nSPS) is 14.9. The number of rotatable bonds is 10. The molecule has 9 heteroatoms. The molecule has 0 bridgehead atoms. The second-order valence-corrected chi connectivity index (χ2v) is 10.9. The van der Waals surface area contributed by atoms with Gasteiger partial charge in [-0.05, 0) is 54.2 Å². The second-order valence-electron chi connectivity index (χ2n) is 10.9. The number of nitrogens with one attached hydrogen (secondary N) is 1. The van der Waals surface area contributed by atoms with Gasteiger partial charge in [0.2, 0.25) is 11.8 Å². The number of benzene rings is 3. The van der Waals surface area contributed by atoms with Crippen molar-refractivity contribution in [2.75, 3.05) is 25.0 Å². The Morgan fingerprint density at radius 3 is 2.40 bits per heavy atom. The molecule has 3 heterocycles. The molecule has 220 valence electrons. The summed E-state index contributed by atoms with van der Waals surface area (Å²) in [6.07, 6.45) is 1.06. The van der Waals surface area contributed by atoms with Crippen LogP contribution < -0.4 is 14.8 Å². The molecule has 3 aromatic carbocycles. The zero-order valence-corrected chi connectivity index (χ0v) is 24.1. The third kappa shape index (κ3) is 6.72. The van der Waals surface area contributed by atoms with Crippen LogP contribution in [0.5, 0.6) is 11.8 Å². The first kappa shape index (κ1) is 28.1. The van der Waals surface area contributed by atoms with Crippen molar-refractivity contribution in [2.24, 2.45) is 13.0 Å². The summed E-state index contributed by atoms with van der Waals surface area (Å²) < 4.78 is 14.2. The highest BCUT2D eigenvalue weighted by Gasteiger charge is 2.23. The smallest absolute Gasteiger partial charge is 0.407 e. The van der Waals surface area contributed by atoms with Gasteiger partial charge in [0.15, 0.2) is 0 Å². The monoisotopic (exact) mass is 577 g/mol. The number of nitrogens with zero attached hydrogens (tertiary/aromatic N) is 4. The number of carbonyl (C=O) groups is 1. The van der Waals surface area contributed by atoms with E-state index >= 15 is 0 Å². The summed E-state index contributed by atoms with van der Waals surface area (Å²) in [5.41, 5.74) is 5.59. The molecular weight excluding hydrogens is 542 g/mol. The Morgan fingerprint density at radius 1 is 0.953 bits per heavy atom. The van der Waals surface area contributed by atoms with Crippen LogP contribution in [-0.2, 0) is 20.3 Å². The summed E-state index contributed by atoms with van der Waals surface area (Å²) >= 11 is 0. The minimum absolute atomic E-state index is 0.278. The van der Waals surface area contributed by atoms with Gasteiger partial charge in [0.1, 0.15) is 18.9 Å². The molecule has 1 saturated heterocycles. The molecule has 43 heavy (non-hydrogen) atoms. The highest BCUT2D eigenvalue weighted by Crippen LogP contribution is 2.36. The van der Waals surface area contributed by atoms with E-state index in [1.54, 1.807) is 0 Å². The Labute approximate surface area is 250 Å². The van der Waals surface area contributed by atoms with E-state index in [1.165, 1.54) is 4.90 Å². The van der Waals surface area contributed by atoms with Crippen molar-refractivity contribution in [3.8, 4) is 23.0 Å². The molecule has 0 unspecified atom stereocenters. The lowest BCUT2D eigenvalue weighted by atomic mass is 9.98. The van der Waals surface area contributed by atoms with Crippen molar-refractivity contribution in [3.05, 3.63) is 102 Å². The van der Waals surface area contributed by atoms with Gasteiger partial charge < -0.3 is 24.8 Å². The largest absolute Gasteiger partial charge is 0.473 e. The molecule has 5 aromatic rings. The predicted molar refractivity (Wildman–Crippen MR) is 166 cm³/mol. The van der Waals surface area contributed by atoms with E-state index in [9.17, 15) is 9.90 Å². The van der Waals surface area contributed by atoms with E-state index < -0.39 is 6.09 Å². The number of hydrogen-bond donors (Lipinski definition) is 2. The molecule has 0 radical (unpaired) electrons. The van der Waals surface area contributed by atoms with Crippen LogP contribution in [0.3, 0.4) is 0 Å². The van der Waals surface area contributed by atoms with E-state index in [-0.39, 0.29) is 5.92 Å². The van der Waals surface area contributed by atoms with Gasteiger partial charge in [0.25, 0.3) is 0 Å². The van der Waals surface area contributed by atoms with Crippen LogP contribution in [0.1, 0.15) is 24.0 Å². The third-order valence-corrected chi connectivity index (χ3v) is 7.77. The maximum Gasteiger partial charge on any atom is 0.407 e. The van der Waals surface area contributed by atoms with E-state index in [2.05, 4.69) is 17.4 Å². The number of aromatic nitrogens is 3. The second kappa shape index (κ2) is 12.9. The van der Waals surface area contributed by atoms with Crippen LogP contribution in [0, 0.1) is 5.92 Å². The van der Waals surface area contributed by atoms with Crippen molar-refractivity contribution >= 4 is 22.7 Å². The average Bonchev–Trinajstić information content (AvgIpc) is 3.38. The number of piperidine rings is 1. The molecule has 0 aliphatic carbocycles. The van der Waals surface area contributed by atoms with Gasteiger partial charge in [-0.2, -0.15) is 10.1 Å². The van der Waals surface area contributed by atoms with E-state index in [4.69, 9.17) is 19.6 Å². The molecule has 0 saturated carbocycles. The molecule has 1 atom stereocenters. The lowest BCUT2D eigenvalue weighted by Gasteiger charge is -2.31. The zero-order chi connectivity index (χ0) is 29.6. The highest BCUT2D eigenvalue weighted by atomic mass is 16.5. The average molecular weight is 578 g/mol. The summed E-state index contributed by atoms with van der Waals surface area (Å²) in [6.45, 7) is 2.66. The molecule has 1 fully saturated rings. The number of aryl methyl sites for hydroxylation is 1. The van der Waals surface area contributed by atoms with Gasteiger partial charge in [0, 0.05) is 43.8 Å². The van der Waals surface area contributed by atoms with Crippen LogP contribution >= 0.6 is 0 Å². The van der Waals surface area contributed by atoms with Gasteiger partial charge >= 0.3 is 6.09 Å².